The molecular formula is C23H28N4O4S2. The average Bonchev–Trinajstić information content (AvgIpc) is 3.51. The Kier molecular flexibility index (Phi) is 5.92. The highest BCUT2D eigenvalue weighted by molar-refractivity contribution is 7.91. The number of carbonyl (C=O) groups is 1. The Balaban J connectivity index is 1.16. The number of anilines is 1. The van der Waals surface area contributed by atoms with Gasteiger partial charge in [0.15, 0.2) is 0 Å². The molecule has 1 amide bonds. The number of piperazine rings is 1. The maximum atomic E-state index is 13.1. The number of hydrogen-bond acceptors (Lipinski definition) is 7. The SMILES string of the molecule is Cc1ccccc1N1CCN(C(=O)C2=NOC3(CCN(S(=O)(=O)c4cccs4)CC3)C2)CC1. The second-order valence-corrected chi connectivity index (χ2v) is 12.0. The molecule has 4 heterocycles. The van der Waals surface area contributed by atoms with Gasteiger partial charge in [-0.15, -0.1) is 11.3 Å². The van der Waals surface area contributed by atoms with Crippen molar-refractivity contribution in [1.82, 2.24) is 9.21 Å². The van der Waals surface area contributed by atoms with Crippen molar-refractivity contribution in [2.24, 2.45) is 5.16 Å². The van der Waals surface area contributed by atoms with Crippen molar-refractivity contribution in [2.75, 3.05) is 44.2 Å². The van der Waals surface area contributed by atoms with Crippen LogP contribution in [-0.2, 0) is 19.7 Å². The van der Waals surface area contributed by atoms with E-state index in [1.807, 2.05) is 17.0 Å². The van der Waals surface area contributed by atoms with E-state index in [4.69, 9.17) is 4.84 Å². The molecule has 0 bridgehead atoms. The van der Waals surface area contributed by atoms with Gasteiger partial charge in [0.25, 0.3) is 15.9 Å². The number of oxime groups is 1. The topological polar surface area (TPSA) is 82.5 Å². The molecule has 0 N–H and O–H groups in total. The van der Waals surface area contributed by atoms with Crippen LogP contribution in [0.3, 0.4) is 0 Å². The summed E-state index contributed by atoms with van der Waals surface area (Å²) in [5.41, 5.74) is 2.33. The van der Waals surface area contributed by atoms with Gasteiger partial charge in [-0.1, -0.05) is 29.4 Å². The first-order valence-electron chi connectivity index (χ1n) is 11.3. The van der Waals surface area contributed by atoms with Gasteiger partial charge in [-0.2, -0.15) is 4.31 Å². The van der Waals surface area contributed by atoms with Gasteiger partial charge in [0.2, 0.25) is 0 Å². The molecule has 0 aliphatic carbocycles. The van der Waals surface area contributed by atoms with Crippen LogP contribution in [0.1, 0.15) is 24.8 Å². The molecule has 33 heavy (non-hydrogen) atoms. The number of thiophene rings is 1. The number of benzene rings is 1. The largest absolute Gasteiger partial charge is 0.388 e. The average molecular weight is 489 g/mol. The lowest BCUT2D eigenvalue weighted by Crippen LogP contribution is -2.51. The highest BCUT2D eigenvalue weighted by Gasteiger charge is 2.46. The zero-order valence-electron chi connectivity index (χ0n) is 18.6. The minimum Gasteiger partial charge on any atom is -0.388 e. The third-order valence-electron chi connectivity index (χ3n) is 6.83. The Bertz CT molecular complexity index is 1150. The van der Waals surface area contributed by atoms with Crippen molar-refractivity contribution in [1.29, 1.82) is 0 Å². The molecule has 2 aromatic rings. The van der Waals surface area contributed by atoms with Crippen molar-refractivity contribution in [2.45, 2.75) is 36.0 Å². The predicted octanol–water partition coefficient (Wildman–Crippen LogP) is 2.70. The van der Waals surface area contributed by atoms with Gasteiger partial charge < -0.3 is 14.6 Å². The molecule has 0 unspecified atom stereocenters. The van der Waals surface area contributed by atoms with Crippen molar-refractivity contribution < 1.29 is 18.0 Å². The number of piperidine rings is 1. The van der Waals surface area contributed by atoms with Crippen LogP contribution >= 0.6 is 11.3 Å². The Morgan fingerprint density at radius 1 is 1.03 bits per heavy atom. The highest BCUT2D eigenvalue weighted by atomic mass is 32.2. The molecule has 0 saturated carbocycles. The number of rotatable bonds is 4. The molecule has 1 aromatic heterocycles. The first-order chi connectivity index (χ1) is 15.9. The Morgan fingerprint density at radius 2 is 1.76 bits per heavy atom. The minimum absolute atomic E-state index is 0.0649. The zero-order valence-corrected chi connectivity index (χ0v) is 20.3. The van der Waals surface area contributed by atoms with E-state index in [0.717, 1.165) is 13.1 Å². The van der Waals surface area contributed by atoms with Gasteiger partial charge >= 0.3 is 0 Å². The summed E-state index contributed by atoms with van der Waals surface area (Å²) in [7, 11) is -3.46. The molecule has 3 aliphatic heterocycles. The number of carbonyl (C=O) groups excluding carboxylic acids is 1. The molecule has 2 fully saturated rings. The van der Waals surface area contributed by atoms with E-state index in [1.165, 1.54) is 26.9 Å². The lowest BCUT2D eigenvalue weighted by Gasteiger charge is -2.37. The fraction of sp³-hybridized carbons (Fsp3) is 0.478. The number of hydrogen-bond donors (Lipinski definition) is 0. The quantitative estimate of drug-likeness (QED) is 0.661. The summed E-state index contributed by atoms with van der Waals surface area (Å²) in [6.07, 6.45) is 1.49. The normalized spacial score (nSPS) is 21.2. The van der Waals surface area contributed by atoms with E-state index in [2.05, 4.69) is 29.1 Å². The standard InChI is InChI=1S/C23H28N4O4S2/c1-18-5-2-3-6-20(18)25-12-14-26(15-13-25)22(28)19-17-23(31-24-19)8-10-27(11-9-23)33(29,30)21-7-4-16-32-21/h2-7,16H,8-15,17H2,1H3. The lowest BCUT2D eigenvalue weighted by atomic mass is 9.87. The van der Waals surface area contributed by atoms with Crippen molar-refractivity contribution in [3.63, 3.8) is 0 Å². The van der Waals surface area contributed by atoms with Crippen LogP contribution in [0.4, 0.5) is 5.69 Å². The Morgan fingerprint density at radius 3 is 2.42 bits per heavy atom. The van der Waals surface area contributed by atoms with Crippen LogP contribution in [0.5, 0.6) is 0 Å². The fourth-order valence-electron chi connectivity index (χ4n) is 4.83. The third-order valence-corrected chi connectivity index (χ3v) is 10.1. The molecular weight excluding hydrogens is 460 g/mol. The van der Waals surface area contributed by atoms with Crippen LogP contribution in [0.15, 0.2) is 51.1 Å². The maximum absolute atomic E-state index is 13.1. The first-order valence-corrected chi connectivity index (χ1v) is 13.6. The predicted molar refractivity (Wildman–Crippen MR) is 128 cm³/mol. The Labute approximate surface area is 198 Å². The van der Waals surface area contributed by atoms with E-state index in [-0.39, 0.29) is 5.91 Å². The summed E-state index contributed by atoms with van der Waals surface area (Å²) < 4.78 is 27.4. The summed E-state index contributed by atoms with van der Waals surface area (Å²) in [5.74, 6) is -0.0649. The number of nitrogens with zero attached hydrogens (tertiary/aromatic N) is 4. The maximum Gasteiger partial charge on any atom is 0.271 e. The highest BCUT2D eigenvalue weighted by Crippen LogP contribution is 2.37. The molecule has 8 nitrogen and oxygen atoms in total. The molecule has 1 aromatic carbocycles. The second-order valence-electron chi connectivity index (χ2n) is 8.89. The van der Waals surface area contributed by atoms with E-state index in [1.54, 1.807) is 17.5 Å². The molecule has 2 saturated heterocycles. The van der Waals surface area contributed by atoms with Crippen molar-refractivity contribution >= 4 is 38.7 Å². The molecule has 3 aliphatic rings. The number of sulfonamides is 1. The zero-order chi connectivity index (χ0) is 23.1. The van der Waals surface area contributed by atoms with Crippen LogP contribution in [0.25, 0.3) is 0 Å². The van der Waals surface area contributed by atoms with Gasteiger partial charge in [0.1, 0.15) is 15.5 Å². The van der Waals surface area contributed by atoms with Gasteiger partial charge in [-0.3, -0.25) is 4.79 Å². The fourth-order valence-corrected chi connectivity index (χ4v) is 7.41. The minimum atomic E-state index is -3.46. The van der Waals surface area contributed by atoms with Crippen molar-refractivity contribution in [3.05, 3.63) is 47.3 Å². The molecule has 0 radical (unpaired) electrons. The summed E-state index contributed by atoms with van der Waals surface area (Å²) >= 11 is 1.23. The van der Waals surface area contributed by atoms with Crippen molar-refractivity contribution in [3.8, 4) is 0 Å². The van der Waals surface area contributed by atoms with Crippen LogP contribution in [0, 0.1) is 6.92 Å². The van der Waals surface area contributed by atoms with Crippen LogP contribution in [-0.4, -0.2) is 74.1 Å². The Hall–Kier alpha value is -2.43. The lowest BCUT2D eigenvalue weighted by molar-refractivity contribution is -0.124. The van der Waals surface area contributed by atoms with E-state index in [0.29, 0.717) is 55.4 Å². The van der Waals surface area contributed by atoms with Gasteiger partial charge in [-0.05, 0) is 30.0 Å². The van der Waals surface area contributed by atoms with Crippen LogP contribution < -0.4 is 4.90 Å². The van der Waals surface area contributed by atoms with Gasteiger partial charge in [0.05, 0.1) is 0 Å². The van der Waals surface area contributed by atoms with E-state index in [9.17, 15) is 13.2 Å². The number of aryl methyl sites for hydroxylation is 1. The number of para-hydroxylation sites is 1. The summed E-state index contributed by atoms with van der Waals surface area (Å²) in [4.78, 5) is 23.1. The summed E-state index contributed by atoms with van der Waals surface area (Å²) in [6.45, 7) is 5.70. The van der Waals surface area contributed by atoms with Gasteiger partial charge in [-0.25, -0.2) is 8.42 Å². The molecule has 5 rings (SSSR count). The summed E-state index contributed by atoms with van der Waals surface area (Å²) in [5, 5.41) is 5.93. The van der Waals surface area contributed by atoms with Gasteiger partial charge in [0, 0.05) is 64.2 Å². The monoisotopic (exact) mass is 488 g/mol. The van der Waals surface area contributed by atoms with Crippen LogP contribution in [0.2, 0.25) is 0 Å². The summed E-state index contributed by atoms with van der Waals surface area (Å²) in [6, 6.07) is 11.7. The first kappa shape index (κ1) is 22.4. The molecule has 10 heteroatoms. The molecule has 0 atom stereocenters. The van der Waals surface area contributed by atoms with E-state index < -0.39 is 15.6 Å². The molecule has 1 spiro atoms. The molecule has 176 valence electrons. The van der Waals surface area contributed by atoms with E-state index >= 15 is 0 Å². The second kappa shape index (κ2) is 8.73. The smallest absolute Gasteiger partial charge is 0.271 e. The number of amides is 1. The third kappa shape index (κ3) is 4.27.